The fourth-order valence-corrected chi connectivity index (χ4v) is 2.06. The lowest BCUT2D eigenvalue weighted by molar-refractivity contribution is -0.142. The van der Waals surface area contributed by atoms with Crippen LogP contribution >= 0.6 is 0 Å². The fraction of sp³-hybridized carbons (Fsp3) is 0.812. The van der Waals surface area contributed by atoms with Crippen LogP contribution in [0.3, 0.4) is 0 Å². The monoisotopic (exact) mass is 543 g/mol. The zero-order valence-corrected chi connectivity index (χ0v) is 19.3. The van der Waals surface area contributed by atoms with Crippen LogP contribution in [0.5, 0.6) is 0 Å². The average molecular weight is 543 g/mol. The van der Waals surface area contributed by atoms with Crippen molar-refractivity contribution in [3.63, 3.8) is 0 Å². The second kappa shape index (κ2) is 64.5. The van der Waals surface area contributed by atoms with Gasteiger partial charge in [-0.25, -0.2) is 0 Å². The summed E-state index contributed by atoms with van der Waals surface area (Å²) < 4.78 is 4.99. The summed E-state index contributed by atoms with van der Waals surface area (Å²) in [6.45, 7) is 11.0. The largest absolute Gasteiger partial charge is 0.494 e. The van der Waals surface area contributed by atoms with E-state index in [1.165, 1.54) is 77.6 Å². The van der Waals surface area contributed by atoms with E-state index in [9.17, 15) is 9.59 Å². The summed E-state index contributed by atoms with van der Waals surface area (Å²) in [7, 11) is 0. The highest BCUT2D eigenvalue weighted by Gasteiger charge is 1.99. The minimum atomic E-state index is -1.79. The van der Waals surface area contributed by atoms with E-state index < -0.39 is 12.1 Å². The Labute approximate surface area is 238 Å². The molecule has 236 valence electrons. The molecule has 0 radical (unpaired) electrons. The standard InChI is InChI=1S/C12H22O2.C9H18.C3H6O3.8CH4/c1-3-4-5-6-7-8-9-10-14-11-12(2)13;1-3-5-7-9-8-6-4-2;1-2(4)3(5)6;;;;;;;;/h9-10H,3-8,11H2,1-2H3;3H,1,4-9H2,2H3;3,5-6H,1H3;8*1H4. The summed E-state index contributed by atoms with van der Waals surface area (Å²) in [6, 6.07) is 0. The molecule has 0 aliphatic heterocycles. The van der Waals surface area contributed by atoms with Gasteiger partial charge in [-0.1, -0.05) is 131 Å². The number of aliphatic hydroxyl groups excluding tert-OH is 1. The second-order valence-corrected chi connectivity index (χ2v) is 7.06. The first kappa shape index (κ1) is 70.4. The quantitative estimate of drug-likeness (QED) is 0.0876. The predicted octanol–water partition coefficient (Wildman–Crippen LogP) is 11.0. The Balaban J connectivity index is -0.0000000292. The summed E-state index contributed by atoms with van der Waals surface area (Å²) in [4.78, 5) is 20.1. The number of carbonyl (C=O) groups excluding carboxylic acids is 2. The first-order chi connectivity index (χ1) is 13.8. The van der Waals surface area contributed by atoms with Crippen LogP contribution in [0.25, 0.3) is 0 Å². The predicted molar refractivity (Wildman–Crippen MR) is 175 cm³/mol. The molecule has 0 bridgehead atoms. The third kappa shape index (κ3) is 95.8. The molecular weight excluding hydrogens is 464 g/mol. The maximum absolute atomic E-state index is 10.5. The number of unbranched alkanes of at least 4 members (excludes halogenated alkanes) is 10. The zero-order chi connectivity index (χ0) is 22.8. The molecule has 5 nitrogen and oxygen atoms in total. The van der Waals surface area contributed by atoms with Crippen LogP contribution in [0.4, 0.5) is 0 Å². The maximum Gasteiger partial charge on any atom is 0.212 e. The van der Waals surface area contributed by atoms with E-state index in [0.717, 1.165) is 13.3 Å². The lowest BCUT2D eigenvalue weighted by Crippen LogP contribution is -2.14. The molecule has 0 unspecified atom stereocenters. The van der Waals surface area contributed by atoms with Gasteiger partial charge in [-0.15, -0.1) is 6.58 Å². The van der Waals surface area contributed by atoms with Crippen LogP contribution in [0.2, 0.25) is 0 Å². The molecule has 5 heteroatoms. The number of hydrogen-bond donors (Lipinski definition) is 2. The van der Waals surface area contributed by atoms with Gasteiger partial charge in [0.25, 0.3) is 0 Å². The highest BCUT2D eigenvalue weighted by Crippen LogP contribution is 2.05. The second-order valence-electron chi connectivity index (χ2n) is 7.06. The number of hydrogen-bond acceptors (Lipinski definition) is 5. The van der Waals surface area contributed by atoms with E-state index in [1.54, 1.807) is 6.26 Å². The van der Waals surface area contributed by atoms with Crippen LogP contribution in [0.15, 0.2) is 25.0 Å². The number of aliphatic hydroxyl groups is 2. The van der Waals surface area contributed by atoms with Crippen LogP contribution in [-0.2, 0) is 14.3 Å². The van der Waals surface area contributed by atoms with Gasteiger partial charge in [0.05, 0.1) is 6.26 Å². The van der Waals surface area contributed by atoms with Gasteiger partial charge in [0.15, 0.2) is 11.6 Å². The zero-order valence-electron chi connectivity index (χ0n) is 19.3. The molecule has 0 rings (SSSR count). The highest BCUT2D eigenvalue weighted by molar-refractivity contribution is 5.78. The molecule has 0 aromatic rings. The fourth-order valence-electron chi connectivity index (χ4n) is 2.06. The van der Waals surface area contributed by atoms with Crippen molar-refractivity contribution in [2.75, 3.05) is 6.61 Å². The molecule has 37 heavy (non-hydrogen) atoms. The van der Waals surface area contributed by atoms with Gasteiger partial charge < -0.3 is 14.9 Å². The van der Waals surface area contributed by atoms with E-state index >= 15 is 0 Å². The van der Waals surface area contributed by atoms with Crippen LogP contribution in [0.1, 0.15) is 164 Å². The topological polar surface area (TPSA) is 83.8 Å². The van der Waals surface area contributed by atoms with E-state index in [-0.39, 0.29) is 71.8 Å². The van der Waals surface area contributed by atoms with Crippen molar-refractivity contribution in [2.24, 2.45) is 0 Å². The Morgan fingerprint density at radius 1 is 0.703 bits per heavy atom. The Bertz CT molecular complexity index is 391. The summed E-state index contributed by atoms with van der Waals surface area (Å²) in [6.07, 6.45) is 19.5. The lowest BCUT2D eigenvalue weighted by Gasteiger charge is -1.97. The number of allylic oxidation sites excluding steroid dienone is 2. The third-order valence-corrected chi connectivity index (χ3v) is 3.83. The van der Waals surface area contributed by atoms with Gasteiger partial charge in [-0.3, -0.25) is 9.59 Å². The lowest BCUT2D eigenvalue weighted by atomic mass is 10.1. The number of rotatable bonds is 16. The molecule has 0 heterocycles. The van der Waals surface area contributed by atoms with E-state index in [4.69, 9.17) is 14.9 Å². The van der Waals surface area contributed by atoms with E-state index in [2.05, 4.69) is 20.4 Å². The molecule has 0 aromatic carbocycles. The smallest absolute Gasteiger partial charge is 0.212 e. The van der Waals surface area contributed by atoms with Crippen LogP contribution < -0.4 is 0 Å². The summed E-state index contributed by atoms with van der Waals surface area (Å²) in [5.74, 6) is -0.562. The van der Waals surface area contributed by atoms with Crippen molar-refractivity contribution >= 4 is 11.6 Å². The average Bonchev–Trinajstić information content (AvgIpc) is 2.67. The molecule has 0 saturated carbocycles. The molecule has 0 aliphatic carbocycles. The van der Waals surface area contributed by atoms with Gasteiger partial charge in [-0.05, 0) is 45.6 Å². The van der Waals surface area contributed by atoms with Gasteiger partial charge >= 0.3 is 0 Å². The Hall–Kier alpha value is -1.46. The number of carbonyl (C=O) groups is 2. The maximum atomic E-state index is 10.5. The third-order valence-electron chi connectivity index (χ3n) is 3.83. The molecule has 0 aromatic heterocycles. The molecule has 2 N–H and O–H groups in total. The number of ketones is 2. The molecule has 0 spiro atoms. The molecular formula is C32H78O5. The molecule has 0 saturated heterocycles. The normalized spacial score (nSPS) is 7.86. The summed E-state index contributed by atoms with van der Waals surface area (Å²) in [5.41, 5.74) is 0. The Kier molecular flexibility index (Phi) is 123. The van der Waals surface area contributed by atoms with Crippen molar-refractivity contribution in [2.45, 2.75) is 170 Å². The summed E-state index contributed by atoms with van der Waals surface area (Å²) in [5, 5.41) is 15.7. The van der Waals surface area contributed by atoms with Gasteiger partial charge in [0.2, 0.25) is 6.29 Å². The van der Waals surface area contributed by atoms with Crippen LogP contribution in [0, 0.1) is 0 Å². The SMILES string of the molecule is C.C.C.C.C.C.C.C.C=CCCCCCCC.CC(=O)C(O)O.CCCCCCCC=COCC(C)=O. The van der Waals surface area contributed by atoms with Gasteiger partial charge in [0.1, 0.15) is 6.61 Å². The van der Waals surface area contributed by atoms with Crippen molar-refractivity contribution < 1.29 is 24.5 Å². The number of Topliss-reactive ketones (excluding diaryl/α,β-unsaturated/α-hetero) is 2. The minimum Gasteiger partial charge on any atom is -0.494 e. The summed E-state index contributed by atoms with van der Waals surface area (Å²) >= 11 is 0. The first-order valence-electron chi connectivity index (χ1n) is 11.1. The van der Waals surface area contributed by atoms with E-state index in [0.29, 0.717) is 0 Å². The van der Waals surface area contributed by atoms with Gasteiger partial charge in [-0.2, -0.15) is 0 Å². The van der Waals surface area contributed by atoms with Crippen molar-refractivity contribution in [3.05, 3.63) is 25.0 Å². The molecule has 0 fully saturated rings. The molecule has 0 amide bonds. The van der Waals surface area contributed by atoms with E-state index in [1.807, 2.05) is 12.2 Å². The van der Waals surface area contributed by atoms with Crippen LogP contribution in [-0.4, -0.2) is 34.7 Å². The van der Waals surface area contributed by atoms with Gasteiger partial charge in [0, 0.05) is 0 Å². The first-order valence-corrected chi connectivity index (χ1v) is 11.1. The minimum absolute atomic E-state index is 0. The van der Waals surface area contributed by atoms with Crippen molar-refractivity contribution in [3.8, 4) is 0 Å². The Morgan fingerprint density at radius 2 is 1.05 bits per heavy atom. The Morgan fingerprint density at radius 3 is 1.35 bits per heavy atom. The molecule has 0 aliphatic rings. The molecule has 0 atom stereocenters. The van der Waals surface area contributed by atoms with Crippen molar-refractivity contribution in [1.29, 1.82) is 0 Å². The number of ether oxygens (including phenoxy) is 1. The highest BCUT2D eigenvalue weighted by atomic mass is 16.5. The van der Waals surface area contributed by atoms with Crippen molar-refractivity contribution in [1.82, 2.24) is 0 Å².